The molecule has 0 fully saturated rings. The van der Waals surface area contributed by atoms with Crippen molar-refractivity contribution in [1.29, 1.82) is 0 Å². The fourth-order valence-electron chi connectivity index (χ4n) is 1.47. The number of carboxylic acids is 1. The van der Waals surface area contributed by atoms with Gasteiger partial charge in [0.15, 0.2) is 0 Å². The van der Waals surface area contributed by atoms with Crippen LogP contribution in [0.4, 0.5) is 0 Å². The van der Waals surface area contributed by atoms with Crippen LogP contribution < -0.4 is 5.32 Å². The number of nitrogens with zero attached hydrogens (tertiary/aromatic N) is 1. The summed E-state index contributed by atoms with van der Waals surface area (Å²) in [6, 6.07) is -0.553. The molecule has 0 rings (SSSR count). The Morgan fingerprint density at radius 2 is 2.00 bits per heavy atom. The molecule has 17 heavy (non-hydrogen) atoms. The molecule has 0 aromatic heterocycles. The third-order valence-electron chi connectivity index (χ3n) is 2.62. The lowest BCUT2D eigenvalue weighted by Gasteiger charge is -2.30. The van der Waals surface area contributed by atoms with Crippen LogP contribution in [0.1, 0.15) is 20.3 Å². The zero-order valence-electron chi connectivity index (χ0n) is 11.1. The lowest BCUT2D eigenvalue weighted by molar-refractivity contribution is -0.146. The summed E-state index contributed by atoms with van der Waals surface area (Å²) in [6.07, 6.45) is 0.296. The largest absolute Gasteiger partial charge is 0.480 e. The van der Waals surface area contributed by atoms with Crippen LogP contribution in [0.15, 0.2) is 0 Å². The highest BCUT2D eigenvalue weighted by molar-refractivity contribution is 5.83. The predicted molar refractivity (Wildman–Crippen MR) is 63.8 cm³/mol. The highest BCUT2D eigenvalue weighted by Gasteiger charge is 2.35. The van der Waals surface area contributed by atoms with Gasteiger partial charge in [-0.25, -0.2) is 0 Å². The summed E-state index contributed by atoms with van der Waals surface area (Å²) in [6.45, 7) is 3.52. The molecule has 0 aliphatic heterocycles. The molecule has 0 saturated heterocycles. The predicted octanol–water partition coefficient (Wildman–Crippen LogP) is -0.0675. The van der Waals surface area contributed by atoms with Crippen molar-refractivity contribution in [2.75, 3.05) is 27.8 Å². The molecular formula is C11H22N2O4. The molecule has 0 bridgehead atoms. The van der Waals surface area contributed by atoms with E-state index in [0.29, 0.717) is 13.0 Å². The fraction of sp³-hybridized carbons (Fsp3) is 0.818. The van der Waals surface area contributed by atoms with Gasteiger partial charge < -0.3 is 14.7 Å². The van der Waals surface area contributed by atoms with E-state index in [9.17, 15) is 14.7 Å². The first-order valence-corrected chi connectivity index (χ1v) is 5.46. The van der Waals surface area contributed by atoms with Crippen molar-refractivity contribution in [3.05, 3.63) is 0 Å². The molecule has 2 N–H and O–H groups in total. The smallest absolute Gasteiger partial charge is 0.323 e. The Morgan fingerprint density at radius 1 is 1.47 bits per heavy atom. The van der Waals surface area contributed by atoms with Crippen molar-refractivity contribution in [2.45, 2.75) is 31.8 Å². The van der Waals surface area contributed by atoms with Gasteiger partial charge in [-0.2, -0.15) is 0 Å². The van der Waals surface area contributed by atoms with Crippen LogP contribution in [-0.2, 0) is 14.3 Å². The zero-order valence-corrected chi connectivity index (χ0v) is 11.1. The van der Waals surface area contributed by atoms with Gasteiger partial charge in [0.25, 0.3) is 0 Å². The van der Waals surface area contributed by atoms with Crippen LogP contribution >= 0.6 is 0 Å². The molecule has 0 aromatic carbocycles. The molecule has 0 heterocycles. The van der Waals surface area contributed by atoms with Crippen molar-refractivity contribution in [1.82, 2.24) is 10.2 Å². The van der Waals surface area contributed by atoms with Gasteiger partial charge in [0.05, 0.1) is 6.04 Å². The second-order valence-corrected chi connectivity index (χ2v) is 4.48. The molecule has 100 valence electrons. The second kappa shape index (κ2) is 6.56. The van der Waals surface area contributed by atoms with Crippen molar-refractivity contribution in [3.63, 3.8) is 0 Å². The van der Waals surface area contributed by atoms with Gasteiger partial charge in [-0.05, 0) is 20.3 Å². The maximum atomic E-state index is 11.7. The minimum Gasteiger partial charge on any atom is -0.480 e. The number of hydrogen-bond acceptors (Lipinski definition) is 4. The van der Waals surface area contributed by atoms with Crippen LogP contribution in [0.2, 0.25) is 0 Å². The summed E-state index contributed by atoms with van der Waals surface area (Å²) >= 11 is 0. The summed E-state index contributed by atoms with van der Waals surface area (Å²) in [7, 11) is 4.78. The topological polar surface area (TPSA) is 78.9 Å². The highest BCUT2D eigenvalue weighted by atomic mass is 16.5. The highest BCUT2D eigenvalue weighted by Crippen LogP contribution is 2.12. The maximum absolute atomic E-state index is 11.7. The molecular weight excluding hydrogens is 224 g/mol. The zero-order chi connectivity index (χ0) is 13.6. The number of ether oxygens (including phenoxy) is 1. The number of rotatable bonds is 7. The summed E-state index contributed by atoms with van der Waals surface area (Å²) in [5.74, 6) is -1.15. The summed E-state index contributed by atoms with van der Waals surface area (Å²) < 4.78 is 4.88. The number of hydrogen-bond donors (Lipinski definition) is 2. The second-order valence-electron chi connectivity index (χ2n) is 4.48. The molecule has 0 radical (unpaired) electrons. The van der Waals surface area contributed by atoms with E-state index in [1.807, 2.05) is 0 Å². The molecule has 1 amide bonds. The first kappa shape index (κ1) is 15.9. The van der Waals surface area contributed by atoms with Gasteiger partial charge in [-0.15, -0.1) is 0 Å². The van der Waals surface area contributed by atoms with Crippen molar-refractivity contribution in [3.8, 4) is 0 Å². The first-order valence-electron chi connectivity index (χ1n) is 5.46. The number of carboxylic acid groups (broad SMARTS) is 1. The summed E-state index contributed by atoms with van der Waals surface area (Å²) in [5, 5.41) is 12.0. The Balaban J connectivity index is 4.64. The van der Waals surface area contributed by atoms with Crippen molar-refractivity contribution in [2.24, 2.45) is 0 Å². The Morgan fingerprint density at radius 3 is 2.35 bits per heavy atom. The normalized spacial score (nSPS) is 16.1. The van der Waals surface area contributed by atoms with Gasteiger partial charge in [-0.3, -0.25) is 14.9 Å². The van der Waals surface area contributed by atoms with E-state index >= 15 is 0 Å². The van der Waals surface area contributed by atoms with Gasteiger partial charge in [-0.1, -0.05) is 0 Å². The summed E-state index contributed by atoms with van der Waals surface area (Å²) in [4.78, 5) is 24.3. The quantitative estimate of drug-likeness (QED) is 0.657. The average molecular weight is 246 g/mol. The number of carbonyl (C=O) groups excluding carboxylic acids is 1. The van der Waals surface area contributed by atoms with Gasteiger partial charge in [0.1, 0.15) is 5.54 Å². The molecule has 6 nitrogen and oxygen atoms in total. The molecule has 0 saturated carbocycles. The minimum absolute atomic E-state index is 0.158. The van der Waals surface area contributed by atoms with E-state index in [4.69, 9.17) is 4.74 Å². The third kappa shape index (κ3) is 4.70. The van der Waals surface area contributed by atoms with Gasteiger partial charge >= 0.3 is 5.97 Å². The number of likely N-dealkylation sites (N-methyl/N-ethyl adjacent to an activating group) is 1. The average Bonchev–Trinajstić information content (AvgIpc) is 2.24. The van der Waals surface area contributed by atoms with Crippen LogP contribution in [0.3, 0.4) is 0 Å². The SMILES string of the molecule is COCCC(C)(NC(C)C(=O)N(C)C)C(=O)O. The van der Waals surface area contributed by atoms with E-state index < -0.39 is 17.6 Å². The van der Waals surface area contributed by atoms with Crippen molar-refractivity contribution < 1.29 is 19.4 Å². The van der Waals surface area contributed by atoms with E-state index in [-0.39, 0.29) is 5.91 Å². The Kier molecular flexibility index (Phi) is 6.12. The summed E-state index contributed by atoms with van der Waals surface area (Å²) in [5.41, 5.74) is -1.17. The van der Waals surface area contributed by atoms with E-state index in [1.165, 1.54) is 12.0 Å². The molecule has 0 aliphatic rings. The number of amides is 1. The van der Waals surface area contributed by atoms with Crippen LogP contribution in [-0.4, -0.2) is 61.3 Å². The third-order valence-corrected chi connectivity index (χ3v) is 2.62. The molecule has 0 aromatic rings. The molecule has 2 unspecified atom stereocenters. The Labute approximate surface area is 102 Å². The lowest BCUT2D eigenvalue weighted by atomic mass is 9.97. The monoisotopic (exact) mass is 246 g/mol. The van der Waals surface area contributed by atoms with Crippen LogP contribution in [0.25, 0.3) is 0 Å². The molecule has 0 spiro atoms. The minimum atomic E-state index is -1.17. The molecule has 6 heteroatoms. The van der Waals surface area contributed by atoms with Crippen molar-refractivity contribution >= 4 is 11.9 Å². The number of aliphatic carboxylic acids is 1. The fourth-order valence-corrected chi connectivity index (χ4v) is 1.47. The molecule has 0 aliphatic carbocycles. The number of carbonyl (C=O) groups is 2. The Bertz CT molecular complexity index is 281. The number of nitrogens with one attached hydrogen (secondary N) is 1. The van der Waals surface area contributed by atoms with E-state index in [2.05, 4.69) is 5.32 Å². The maximum Gasteiger partial charge on any atom is 0.323 e. The molecule has 2 atom stereocenters. The van der Waals surface area contributed by atoms with Crippen LogP contribution in [0, 0.1) is 0 Å². The Hall–Kier alpha value is -1.14. The van der Waals surface area contributed by atoms with E-state index in [1.54, 1.807) is 27.9 Å². The first-order chi connectivity index (χ1) is 7.74. The van der Waals surface area contributed by atoms with Gasteiger partial charge in [0.2, 0.25) is 5.91 Å². The van der Waals surface area contributed by atoms with Gasteiger partial charge in [0, 0.05) is 27.8 Å². The lowest BCUT2D eigenvalue weighted by Crippen LogP contribution is -2.57. The standard InChI is InChI=1S/C11H22N2O4/c1-8(9(14)13(3)4)12-11(2,10(15)16)6-7-17-5/h8,12H,6-7H2,1-5H3,(H,15,16). The van der Waals surface area contributed by atoms with Crippen LogP contribution in [0.5, 0.6) is 0 Å². The number of methoxy groups -OCH3 is 1. The van der Waals surface area contributed by atoms with E-state index in [0.717, 1.165) is 0 Å².